The van der Waals surface area contributed by atoms with Crippen molar-refractivity contribution in [1.29, 1.82) is 0 Å². The zero-order chi connectivity index (χ0) is 19.6. The van der Waals surface area contributed by atoms with Crippen molar-refractivity contribution in [2.24, 2.45) is 11.0 Å². The molecule has 1 aromatic rings. The van der Waals surface area contributed by atoms with Gasteiger partial charge in [0.15, 0.2) is 5.03 Å². The monoisotopic (exact) mass is 374 g/mol. The molecule has 2 saturated heterocycles. The summed E-state index contributed by atoms with van der Waals surface area (Å²) in [6, 6.07) is 7.37. The molecule has 0 radical (unpaired) electrons. The lowest BCUT2D eigenvalue weighted by molar-refractivity contribution is -0.486. The minimum atomic E-state index is -0.727. The van der Waals surface area contributed by atoms with Crippen molar-refractivity contribution in [3.8, 4) is 0 Å². The van der Waals surface area contributed by atoms with Gasteiger partial charge in [0.2, 0.25) is 0 Å². The summed E-state index contributed by atoms with van der Waals surface area (Å²) in [6.45, 7) is 8.19. The molecule has 1 unspecified atom stereocenters. The van der Waals surface area contributed by atoms with Crippen LogP contribution in [0.5, 0.6) is 0 Å². The molecule has 3 rings (SSSR count). The number of hydrazone groups is 1. The van der Waals surface area contributed by atoms with E-state index >= 15 is 0 Å². The number of rotatable bonds is 5. The molecule has 1 aromatic carbocycles. The Bertz CT molecular complexity index is 762. The van der Waals surface area contributed by atoms with E-state index < -0.39 is 5.03 Å². The molecule has 146 valence electrons. The second kappa shape index (κ2) is 7.64. The number of benzene rings is 1. The molecule has 0 spiro atoms. The van der Waals surface area contributed by atoms with Gasteiger partial charge >= 0.3 is 0 Å². The smallest absolute Gasteiger partial charge is 0.281 e. The average Bonchev–Trinajstić information content (AvgIpc) is 3.17. The third-order valence-electron chi connectivity index (χ3n) is 5.13. The molecule has 2 heterocycles. The van der Waals surface area contributed by atoms with Crippen LogP contribution in [-0.4, -0.2) is 58.5 Å². The number of hydrogen-bond acceptors (Lipinski definition) is 4. The molecule has 1 atom stereocenters. The maximum atomic E-state index is 13.1. The normalized spacial score (nSPS) is 23.2. The Balaban J connectivity index is 1.81. The molecule has 0 N–H and O–H groups in total. The number of aryl methyl sites for hydroxylation is 1. The summed E-state index contributed by atoms with van der Waals surface area (Å²) in [7, 11) is 0. The Morgan fingerprint density at radius 1 is 1.37 bits per heavy atom. The number of amides is 1. The van der Waals surface area contributed by atoms with Crippen LogP contribution in [0.2, 0.25) is 0 Å². The number of ether oxygens (including phenoxy) is 1. The van der Waals surface area contributed by atoms with Crippen LogP contribution in [0.1, 0.15) is 43.1 Å². The standard InChI is InChI=1S/C19H26N4O4/c1-4-15-7-5-6-8-16(15)17(24)22-10-9-21(18(22)20-23(25)26)12-14-11-19(2,3)27-13-14/h5-8,14H,4,9-13H2,1-3H3. The maximum Gasteiger partial charge on any atom is 0.281 e. The highest BCUT2D eigenvalue weighted by molar-refractivity contribution is 6.07. The van der Waals surface area contributed by atoms with Crippen LogP contribution in [0.4, 0.5) is 0 Å². The molecule has 0 saturated carbocycles. The fourth-order valence-electron chi connectivity index (χ4n) is 3.92. The first-order valence-corrected chi connectivity index (χ1v) is 9.32. The van der Waals surface area contributed by atoms with Gasteiger partial charge in [-0.1, -0.05) is 25.1 Å². The fraction of sp³-hybridized carbons (Fsp3) is 0.579. The third-order valence-corrected chi connectivity index (χ3v) is 5.13. The fourth-order valence-corrected chi connectivity index (χ4v) is 3.92. The summed E-state index contributed by atoms with van der Waals surface area (Å²) in [5, 5.41) is 13.9. The largest absolute Gasteiger partial charge is 0.375 e. The van der Waals surface area contributed by atoms with E-state index in [0.29, 0.717) is 31.8 Å². The van der Waals surface area contributed by atoms with Gasteiger partial charge in [0.25, 0.3) is 11.9 Å². The van der Waals surface area contributed by atoms with Gasteiger partial charge in [-0.3, -0.25) is 9.69 Å². The van der Waals surface area contributed by atoms with Crippen LogP contribution in [0.3, 0.4) is 0 Å². The first-order chi connectivity index (χ1) is 12.8. The summed E-state index contributed by atoms with van der Waals surface area (Å²) in [6.07, 6.45) is 1.59. The average molecular weight is 374 g/mol. The van der Waals surface area contributed by atoms with E-state index in [2.05, 4.69) is 5.10 Å². The molecular weight excluding hydrogens is 348 g/mol. The molecule has 0 bridgehead atoms. The lowest BCUT2D eigenvalue weighted by Gasteiger charge is -2.23. The second-order valence-corrected chi connectivity index (χ2v) is 7.69. The number of carbonyl (C=O) groups is 1. The minimum Gasteiger partial charge on any atom is -0.375 e. The van der Waals surface area contributed by atoms with Crippen molar-refractivity contribution in [3.63, 3.8) is 0 Å². The highest BCUT2D eigenvalue weighted by atomic mass is 16.7. The predicted octanol–water partition coefficient (Wildman–Crippen LogP) is 2.37. The topological polar surface area (TPSA) is 88.3 Å². The van der Waals surface area contributed by atoms with Gasteiger partial charge in [0.05, 0.1) is 12.2 Å². The molecule has 2 fully saturated rings. The van der Waals surface area contributed by atoms with Crippen molar-refractivity contribution in [2.75, 3.05) is 26.2 Å². The molecule has 8 heteroatoms. The molecule has 2 aliphatic rings. The van der Waals surface area contributed by atoms with E-state index in [9.17, 15) is 14.9 Å². The summed E-state index contributed by atoms with van der Waals surface area (Å²) in [5.41, 5.74) is 1.32. The summed E-state index contributed by atoms with van der Waals surface area (Å²) >= 11 is 0. The highest BCUT2D eigenvalue weighted by Gasteiger charge is 2.39. The highest BCUT2D eigenvalue weighted by Crippen LogP contribution is 2.30. The summed E-state index contributed by atoms with van der Waals surface area (Å²) in [5.74, 6) is 0.147. The first kappa shape index (κ1) is 19.3. The van der Waals surface area contributed by atoms with Crippen LogP contribution < -0.4 is 0 Å². The summed E-state index contributed by atoms with van der Waals surface area (Å²) < 4.78 is 5.77. The Kier molecular flexibility index (Phi) is 5.46. The van der Waals surface area contributed by atoms with E-state index in [1.165, 1.54) is 4.90 Å². The van der Waals surface area contributed by atoms with Crippen molar-refractivity contribution in [2.45, 2.75) is 39.2 Å². The van der Waals surface area contributed by atoms with Crippen LogP contribution in [-0.2, 0) is 11.2 Å². The lowest BCUT2D eigenvalue weighted by Crippen LogP contribution is -2.40. The molecular formula is C19H26N4O4. The van der Waals surface area contributed by atoms with Crippen LogP contribution in [0.15, 0.2) is 29.4 Å². The number of guanidine groups is 1. The van der Waals surface area contributed by atoms with Gasteiger partial charge in [-0.2, -0.15) is 0 Å². The lowest BCUT2D eigenvalue weighted by atomic mass is 9.97. The second-order valence-electron chi connectivity index (χ2n) is 7.69. The van der Waals surface area contributed by atoms with E-state index in [0.717, 1.165) is 18.4 Å². The third kappa shape index (κ3) is 4.27. The number of nitrogens with zero attached hydrogens (tertiary/aromatic N) is 4. The Morgan fingerprint density at radius 3 is 2.74 bits per heavy atom. The quantitative estimate of drug-likeness (QED) is 0.583. The Morgan fingerprint density at radius 2 is 2.11 bits per heavy atom. The van der Waals surface area contributed by atoms with Crippen molar-refractivity contribution >= 4 is 11.9 Å². The van der Waals surface area contributed by atoms with E-state index in [1.54, 1.807) is 6.07 Å². The van der Waals surface area contributed by atoms with Crippen molar-refractivity contribution in [3.05, 3.63) is 45.5 Å². The first-order valence-electron chi connectivity index (χ1n) is 9.32. The van der Waals surface area contributed by atoms with E-state index in [4.69, 9.17) is 4.74 Å². The van der Waals surface area contributed by atoms with E-state index in [1.807, 2.05) is 43.9 Å². The number of carbonyl (C=O) groups excluding carboxylic acids is 1. The molecule has 8 nitrogen and oxygen atoms in total. The molecule has 2 aliphatic heterocycles. The van der Waals surface area contributed by atoms with Crippen LogP contribution in [0.25, 0.3) is 0 Å². The summed E-state index contributed by atoms with van der Waals surface area (Å²) in [4.78, 5) is 27.4. The maximum absolute atomic E-state index is 13.1. The van der Waals surface area contributed by atoms with Crippen molar-refractivity contribution < 1.29 is 14.6 Å². The number of nitro groups is 1. The van der Waals surface area contributed by atoms with Crippen LogP contribution in [0, 0.1) is 16.0 Å². The Hall–Kier alpha value is -2.48. The Labute approximate surface area is 158 Å². The van der Waals surface area contributed by atoms with E-state index in [-0.39, 0.29) is 23.4 Å². The van der Waals surface area contributed by atoms with Gasteiger partial charge in [-0.25, -0.2) is 10.1 Å². The van der Waals surface area contributed by atoms with Gasteiger partial charge in [-0.15, -0.1) is 0 Å². The van der Waals surface area contributed by atoms with Crippen LogP contribution >= 0.6 is 0 Å². The van der Waals surface area contributed by atoms with Crippen molar-refractivity contribution in [1.82, 2.24) is 9.80 Å². The molecule has 0 aromatic heterocycles. The SMILES string of the molecule is CCc1ccccc1C(=O)N1CCN(CC2COC(C)(C)C2)C1=N[N+](=O)[O-]. The predicted molar refractivity (Wildman–Crippen MR) is 101 cm³/mol. The number of hydrogen-bond donors (Lipinski definition) is 0. The van der Waals surface area contributed by atoms with Gasteiger partial charge in [0, 0.05) is 31.1 Å². The van der Waals surface area contributed by atoms with Gasteiger partial charge in [-0.05, 0) is 38.3 Å². The minimum absolute atomic E-state index is 0.126. The molecule has 0 aliphatic carbocycles. The zero-order valence-corrected chi connectivity index (χ0v) is 16.1. The molecule has 1 amide bonds. The zero-order valence-electron chi connectivity index (χ0n) is 16.1. The van der Waals surface area contributed by atoms with Gasteiger partial charge < -0.3 is 9.64 Å². The molecule has 27 heavy (non-hydrogen) atoms. The van der Waals surface area contributed by atoms with Gasteiger partial charge in [0.1, 0.15) is 5.10 Å².